The van der Waals surface area contributed by atoms with Crippen molar-refractivity contribution < 1.29 is 0 Å². The van der Waals surface area contributed by atoms with Crippen LogP contribution in [-0.4, -0.2) is 0 Å². The highest BCUT2D eigenvalue weighted by Gasteiger charge is 2.15. The molecule has 0 radical (unpaired) electrons. The molecule has 0 rings (SSSR count). The normalized spacial score (nSPS) is 10.0. The molecular weight excluding hydrogens is 124 g/mol. The third kappa shape index (κ3) is 3.92. The molecule has 0 amide bonds. The SMILES string of the molecule is CC(C)(CC#N)CCC#N. The number of rotatable bonds is 3. The Morgan fingerprint density at radius 3 is 2.20 bits per heavy atom. The largest absolute Gasteiger partial charge is 0.198 e. The smallest absolute Gasteiger partial charge is 0.0627 e. The van der Waals surface area contributed by atoms with Gasteiger partial charge in [0.15, 0.2) is 0 Å². The summed E-state index contributed by atoms with van der Waals surface area (Å²) in [5, 5.41) is 16.6. The van der Waals surface area contributed by atoms with Crippen LogP contribution in [0.2, 0.25) is 0 Å². The maximum atomic E-state index is 8.37. The lowest BCUT2D eigenvalue weighted by molar-refractivity contribution is 0.348. The molecule has 2 nitrogen and oxygen atoms in total. The maximum absolute atomic E-state index is 8.37. The van der Waals surface area contributed by atoms with Crippen molar-refractivity contribution >= 4 is 0 Å². The van der Waals surface area contributed by atoms with Gasteiger partial charge in [-0.3, -0.25) is 0 Å². The highest BCUT2D eigenvalue weighted by molar-refractivity contribution is 4.84. The Hall–Kier alpha value is -1.02. The molecule has 0 aliphatic rings. The van der Waals surface area contributed by atoms with Gasteiger partial charge in [0.1, 0.15) is 0 Å². The molecule has 54 valence electrons. The summed E-state index contributed by atoms with van der Waals surface area (Å²) in [7, 11) is 0. The van der Waals surface area contributed by atoms with Crippen molar-refractivity contribution in [1.82, 2.24) is 0 Å². The van der Waals surface area contributed by atoms with Gasteiger partial charge >= 0.3 is 0 Å². The lowest BCUT2D eigenvalue weighted by atomic mass is 9.85. The zero-order valence-corrected chi connectivity index (χ0v) is 6.52. The van der Waals surface area contributed by atoms with Gasteiger partial charge < -0.3 is 0 Å². The lowest BCUT2D eigenvalue weighted by Crippen LogP contribution is -2.09. The Bertz CT molecular complexity index is 169. The van der Waals surface area contributed by atoms with Crippen LogP contribution in [0, 0.1) is 28.1 Å². The molecule has 0 atom stereocenters. The van der Waals surface area contributed by atoms with Crippen LogP contribution >= 0.6 is 0 Å². The minimum absolute atomic E-state index is 0.0183. The molecule has 0 N–H and O–H groups in total. The van der Waals surface area contributed by atoms with E-state index in [-0.39, 0.29) is 5.41 Å². The zero-order chi connectivity index (χ0) is 8.04. The Kier molecular flexibility index (Phi) is 3.51. The van der Waals surface area contributed by atoms with Crippen LogP contribution < -0.4 is 0 Å². The van der Waals surface area contributed by atoms with Crippen LogP contribution in [0.25, 0.3) is 0 Å². The molecule has 0 unspecified atom stereocenters. The van der Waals surface area contributed by atoms with Gasteiger partial charge in [-0.2, -0.15) is 10.5 Å². The maximum Gasteiger partial charge on any atom is 0.0627 e. The topological polar surface area (TPSA) is 47.6 Å². The van der Waals surface area contributed by atoms with E-state index in [1.807, 2.05) is 13.8 Å². The minimum atomic E-state index is 0.0183. The molecular formula is C8H12N2. The standard InChI is InChI=1S/C8H12N2/c1-8(2,5-7-10)4-3-6-9/h3-5H2,1-2H3. The van der Waals surface area contributed by atoms with Gasteiger partial charge in [-0.25, -0.2) is 0 Å². The van der Waals surface area contributed by atoms with Crippen LogP contribution in [0.4, 0.5) is 0 Å². The molecule has 0 aliphatic heterocycles. The molecule has 0 saturated carbocycles. The molecule has 0 aromatic rings. The fourth-order valence-electron chi connectivity index (χ4n) is 0.697. The monoisotopic (exact) mass is 136 g/mol. The molecule has 10 heavy (non-hydrogen) atoms. The summed E-state index contributed by atoms with van der Waals surface area (Å²) in [6, 6.07) is 4.18. The van der Waals surface area contributed by atoms with Gasteiger partial charge in [-0.15, -0.1) is 0 Å². The van der Waals surface area contributed by atoms with Crippen molar-refractivity contribution in [2.75, 3.05) is 0 Å². The Morgan fingerprint density at radius 1 is 1.20 bits per heavy atom. The van der Waals surface area contributed by atoms with E-state index in [9.17, 15) is 0 Å². The molecule has 0 bridgehead atoms. The fourth-order valence-corrected chi connectivity index (χ4v) is 0.697. The van der Waals surface area contributed by atoms with E-state index in [4.69, 9.17) is 10.5 Å². The third-order valence-electron chi connectivity index (χ3n) is 1.47. The van der Waals surface area contributed by atoms with Crippen LogP contribution in [0.1, 0.15) is 33.1 Å². The first-order valence-corrected chi connectivity index (χ1v) is 3.36. The van der Waals surface area contributed by atoms with E-state index >= 15 is 0 Å². The molecule has 0 saturated heterocycles. The van der Waals surface area contributed by atoms with Gasteiger partial charge in [0.2, 0.25) is 0 Å². The molecule has 0 heterocycles. The lowest BCUT2D eigenvalue weighted by Gasteiger charge is -2.18. The van der Waals surface area contributed by atoms with Crippen LogP contribution in [0.3, 0.4) is 0 Å². The van der Waals surface area contributed by atoms with Crippen LogP contribution in [-0.2, 0) is 0 Å². The van der Waals surface area contributed by atoms with Crippen LogP contribution in [0.15, 0.2) is 0 Å². The molecule has 0 aliphatic carbocycles. The van der Waals surface area contributed by atoms with E-state index in [1.165, 1.54) is 0 Å². The first-order valence-electron chi connectivity index (χ1n) is 3.36. The third-order valence-corrected chi connectivity index (χ3v) is 1.47. The second kappa shape index (κ2) is 3.90. The summed E-state index contributed by atoms with van der Waals surface area (Å²) in [5.41, 5.74) is 0.0183. The summed E-state index contributed by atoms with van der Waals surface area (Å²) >= 11 is 0. The van der Waals surface area contributed by atoms with E-state index in [1.54, 1.807) is 0 Å². The Morgan fingerprint density at radius 2 is 1.80 bits per heavy atom. The van der Waals surface area contributed by atoms with Crippen LogP contribution in [0.5, 0.6) is 0 Å². The van der Waals surface area contributed by atoms with Gasteiger partial charge in [0.05, 0.1) is 12.1 Å². The summed E-state index contributed by atoms with van der Waals surface area (Å²) < 4.78 is 0. The van der Waals surface area contributed by atoms with Crippen molar-refractivity contribution in [2.45, 2.75) is 33.1 Å². The van der Waals surface area contributed by atoms with Gasteiger partial charge in [-0.1, -0.05) is 13.8 Å². The van der Waals surface area contributed by atoms with Crippen molar-refractivity contribution in [2.24, 2.45) is 5.41 Å². The summed E-state index contributed by atoms with van der Waals surface area (Å²) in [6.07, 6.45) is 1.90. The van der Waals surface area contributed by atoms with Gasteiger partial charge in [0, 0.05) is 12.8 Å². The van der Waals surface area contributed by atoms with Gasteiger partial charge in [-0.05, 0) is 11.8 Å². The van der Waals surface area contributed by atoms with E-state index < -0.39 is 0 Å². The average molecular weight is 136 g/mol. The molecule has 2 heteroatoms. The predicted molar refractivity (Wildman–Crippen MR) is 38.9 cm³/mol. The Labute approximate surface area is 62.1 Å². The van der Waals surface area contributed by atoms with Crippen molar-refractivity contribution in [3.63, 3.8) is 0 Å². The second-order valence-corrected chi connectivity index (χ2v) is 3.16. The highest BCUT2D eigenvalue weighted by atomic mass is 14.3. The minimum Gasteiger partial charge on any atom is -0.198 e. The molecule has 0 aromatic heterocycles. The zero-order valence-electron chi connectivity index (χ0n) is 6.52. The van der Waals surface area contributed by atoms with E-state index in [2.05, 4.69) is 12.1 Å². The van der Waals surface area contributed by atoms with E-state index in [0.29, 0.717) is 12.8 Å². The number of nitrogens with zero attached hydrogens (tertiary/aromatic N) is 2. The molecule has 0 aromatic carbocycles. The summed E-state index contributed by atoms with van der Waals surface area (Å²) in [4.78, 5) is 0. The quantitative estimate of drug-likeness (QED) is 0.597. The Balaban J connectivity index is 3.68. The highest BCUT2D eigenvalue weighted by Crippen LogP contribution is 2.25. The van der Waals surface area contributed by atoms with Crippen molar-refractivity contribution in [3.8, 4) is 12.1 Å². The number of hydrogen-bond donors (Lipinski definition) is 0. The van der Waals surface area contributed by atoms with Gasteiger partial charge in [0.25, 0.3) is 0 Å². The molecule has 0 spiro atoms. The average Bonchev–Trinajstić information content (AvgIpc) is 1.84. The summed E-state index contributed by atoms with van der Waals surface area (Å²) in [5.74, 6) is 0. The predicted octanol–water partition coefficient (Wildman–Crippen LogP) is 2.23. The van der Waals surface area contributed by atoms with Crippen molar-refractivity contribution in [1.29, 1.82) is 10.5 Å². The first kappa shape index (κ1) is 8.98. The summed E-state index contributed by atoms with van der Waals surface area (Å²) in [6.45, 7) is 4.01. The number of hydrogen-bond acceptors (Lipinski definition) is 2. The fraction of sp³-hybridized carbons (Fsp3) is 0.750. The van der Waals surface area contributed by atoms with Crippen molar-refractivity contribution in [3.05, 3.63) is 0 Å². The first-order chi connectivity index (χ1) is 4.62. The molecule has 0 fully saturated rings. The second-order valence-electron chi connectivity index (χ2n) is 3.16. The van der Waals surface area contributed by atoms with E-state index in [0.717, 1.165) is 6.42 Å². The number of nitriles is 2.